The molecule has 0 spiro atoms. The first-order valence-electron chi connectivity index (χ1n) is 11.5. The summed E-state index contributed by atoms with van der Waals surface area (Å²) in [6.07, 6.45) is 0.927. The van der Waals surface area contributed by atoms with Gasteiger partial charge in [0.1, 0.15) is 10.9 Å². The molecule has 2 atom stereocenters. The van der Waals surface area contributed by atoms with E-state index in [2.05, 4.69) is 5.32 Å². The molecule has 0 bridgehead atoms. The second kappa shape index (κ2) is 10.8. The van der Waals surface area contributed by atoms with E-state index in [-0.39, 0.29) is 41.9 Å². The Morgan fingerprint density at radius 1 is 1.00 bits per heavy atom. The van der Waals surface area contributed by atoms with Gasteiger partial charge in [0.25, 0.3) is 15.9 Å². The number of sulfonamides is 1. The lowest BCUT2D eigenvalue weighted by Crippen LogP contribution is -2.51. The lowest BCUT2D eigenvalue weighted by atomic mass is 10.1. The Balaban J connectivity index is 1.81. The molecule has 0 saturated carbocycles. The van der Waals surface area contributed by atoms with Crippen molar-refractivity contribution in [1.82, 2.24) is 14.5 Å². The maximum Gasteiger partial charge on any atom is 0.269 e. The van der Waals surface area contributed by atoms with E-state index >= 15 is 0 Å². The fraction of sp³-hybridized carbons (Fsp3) is 0.400. The van der Waals surface area contributed by atoms with Crippen molar-refractivity contribution in [2.24, 2.45) is 0 Å². The minimum absolute atomic E-state index is 0.0407. The van der Waals surface area contributed by atoms with E-state index in [1.165, 1.54) is 17.0 Å². The van der Waals surface area contributed by atoms with Gasteiger partial charge >= 0.3 is 0 Å². The molecule has 8 nitrogen and oxygen atoms in total. The fourth-order valence-electron chi connectivity index (χ4n) is 3.93. The van der Waals surface area contributed by atoms with Crippen LogP contribution in [0.2, 0.25) is 0 Å². The molecule has 0 saturated heterocycles. The zero-order valence-electron chi connectivity index (χ0n) is 19.7. The molecule has 0 fully saturated rings. The minimum atomic E-state index is -4.00. The van der Waals surface area contributed by atoms with E-state index in [0.717, 1.165) is 16.3 Å². The zero-order chi connectivity index (χ0) is 24.9. The van der Waals surface area contributed by atoms with Crippen molar-refractivity contribution < 1.29 is 22.8 Å². The summed E-state index contributed by atoms with van der Waals surface area (Å²) in [5.74, 6) is -1.29. The summed E-state index contributed by atoms with van der Waals surface area (Å²) >= 11 is 0. The molecule has 2 aromatic carbocycles. The highest BCUT2D eigenvalue weighted by Crippen LogP contribution is 2.30. The number of carbonyl (C=O) groups is 3. The third kappa shape index (κ3) is 5.30. The normalized spacial score (nSPS) is 16.0. The molecule has 9 heteroatoms. The first kappa shape index (κ1) is 25.4. The molecule has 0 unspecified atom stereocenters. The third-order valence-corrected chi connectivity index (χ3v) is 7.86. The maximum absolute atomic E-state index is 13.4. The van der Waals surface area contributed by atoms with E-state index in [0.29, 0.717) is 6.42 Å². The van der Waals surface area contributed by atoms with Crippen LogP contribution >= 0.6 is 0 Å². The molecule has 1 aliphatic rings. The van der Waals surface area contributed by atoms with Crippen molar-refractivity contribution in [3.05, 3.63) is 65.7 Å². The number of rotatable bonds is 10. The molecule has 0 radical (unpaired) electrons. The molecular weight excluding hydrogens is 454 g/mol. The molecule has 1 heterocycles. The van der Waals surface area contributed by atoms with Crippen LogP contribution in [-0.4, -0.2) is 54.0 Å². The smallest absolute Gasteiger partial charge is 0.269 e. The van der Waals surface area contributed by atoms with Gasteiger partial charge in [-0.05, 0) is 37.5 Å². The number of amides is 3. The van der Waals surface area contributed by atoms with Crippen molar-refractivity contribution in [2.75, 3.05) is 6.54 Å². The molecule has 3 rings (SSSR count). The summed E-state index contributed by atoms with van der Waals surface area (Å²) in [7, 11) is -4.00. The highest BCUT2D eigenvalue weighted by Gasteiger charge is 2.41. The van der Waals surface area contributed by atoms with Gasteiger partial charge < -0.3 is 10.2 Å². The Labute approximate surface area is 201 Å². The van der Waals surface area contributed by atoms with Gasteiger partial charge in [0.15, 0.2) is 0 Å². The molecule has 182 valence electrons. The van der Waals surface area contributed by atoms with Crippen molar-refractivity contribution in [3.63, 3.8) is 0 Å². The topological polar surface area (TPSA) is 104 Å². The number of hydrogen-bond donors (Lipinski definition) is 1. The number of benzene rings is 2. The Bertz CT molecular complexity index is 1150. The number of hydrogen-bond acceptors (Lipinski definition) is 5. The number of carbonyl (C=O) groups excluding carboxylic acids is 3. The van der Waals surface area contributed by atoms with Gasteiger partial charge in [0.2, 0.25) is 11.8 Å². The zero-order valence-corrected chi connectivity index (χ0v) is 20.5. The highest BCUT2D eigenvalue weighted by molar-refractivity contribution is 7.90. The average molecular weight is 486 g/mol. The molecule has 2 aromatic rings. The van der Waals surface area contributed by atoms with Crippen LogP contribution in [0.1, 0.15) is 56.0 Å². The number of nitrogens with zero attached hydrogens (tertiary/aromatic N) is 2. The largest absolute Gasteiger partial charge is 0.352 e. The predicted octanol–water partition coefficient (Wildman–Crippen LogP) is 2.94. The SMILES string of the molecule is CC[C@@H](C)NC(=O)[C@@H](CC)N(Cc1ccccc1)C(=O)CCN1C(=O)c2ccccc2S1(=O)=O. The monoisotopic (exact) mass is 485 g/mol. The van der Waals surface area contributed by atoms with Gasteiger partial charge in [-0.2, -0.15) is 0 Å². The summed E-state index contributed by atoms with van der Waals surface area (Å²) < 4.78 is 26.4. The van der Waals surface area contributed by atoms with Crippen molar-refractivity contribution in [3.8, 4) is 0 Å². The minimum Gasteiger partial charge on any atom is -0.352 e. The Morgan fingerprint density at radius 3 is 2.26 bits per heavy atom. The van der Waals surface area contributed by atoms with Crippen molar-refractivity contribution >= 4 is 27.7 Å². The van der Waals surface area contributed by atoms with Gasteiger partial charge in [-0.1, -0.05) is 56.3 Å². The third-order valence-electron chi connectivity index (χ3n) is 6.02. The lowest BCUT2D eigenvalue weighted by Gasteiger charge is -2.32. The quantitative estimate of drug-likeness (QED) is 0.557. The van der Waals surface area contributed by atoms with Gasteiger partial charge in [0.05, 0.1) is 5.56 Å². The van der Waals surface area contributed by atoms with E-state index in [4.69, 9.17) is 0 Å². The number of nitrogens with one attached hydrogen (secondary N) is 1. The van der Waals surface area contributed by atoms with Crippen LogP contribution in [0.15, 0.2) is 59.5 Å². The standard InChI is InChI=1S/C25H31N3O5S/c1-4-18(3)26-24(30)21(5-2)27(17-19-11-7-6-8-12-19)23(29)15-16-28-25(31)20-13-9-10-14-22(20)34(28,32)33/h6-14,18,21H,4-5,15-17H2,1-3H3,(H,26,30)/t18-,21-/m1/s1. The molecular formula is C25H31N3O5S. The second-order valence-corrected chi connectivity index (χ2v) is 10.2. The van der Waals surface area contributed by atoms with E-state index in [1.54, 1.807) is 12.1 Å². The summed E-state index contributed by atoms with van der Waals surface area (Å²) in [4.78, 5) is 40.5. The summed E-state index contributed by atoms with van der Waals surface area (Å²) in [5.41, 5.74) is 0.957. The lowest BCUT2D eigenvalue weighted by molar-refractivity contribution is -0.141. The molecule has 0 aliphatic carbocycles. The second-order valence-electron chi connectivity index (χ2n) is 8.38. The van der Waals surface area contributed by atoms with Crippen LogP contribution in [-0.2, 0) is 26.2 Å². The van der Waals surface area contributed by atoms with E-state index in [9.17, 15) is 22.8 Å². The maximum atomic E-state index is 13.4. The van der Waals surface area contributed by atoms with E-state index < -0.39 is 27.9 Å². The Hall–Kier alpha value is -3.20. The number of fused-ring (bicyclic) bond motifs is 1. The molecule has 0 aromatic heterocycles. The van der Waals surface area contributed by atoms with Gasteiger partial charge in [-0.25, -0.2) is 12.7 Å². The highest BCUT2D eigenvalue weighted by atomic mass is 32.2. The molecule has 1 aliphatic heterocycles. The molecule has 34 heavy (non-hydrogen) atoms. The summed E-state index contributed by atoms with van der Waals surface area (Å²) in [6.45, 7) is 5.60. The van der Waals surface area contributed by atoms with Crippen LogP contribution in [0.4, 0.5) is 0 Å². The fourth-order valence-corrected chi connectivity index (χ4v) is 5.50. The first-order valence-corrected chi connectivity index (χ1v) is 12.9. The van der Waals surface area contributed by atoms with Crippen LogP contribution in [0.3, 0.4) is 0 Å². The molecule has 3 amide bonds. The van der Waals surface area contributed by atoms with Crippen molar-refractivity contribution in [1.29, 1.82) is 0 Å². The predicted molar refractivity (Wildman–Crippen MR) is 128 cm³/mol. The summed E-state index contributed by atoms with van der Waals surface area (Å²) in [6, 6.07) is 14.6. The molecule has 1 N–H and O–H groups in total. The average Bonchev–Trinajstić information content (AvgIpc) is 3.03. The van der Waals surface area contributed by atoms with Gasteiger partial charge in [-0.15, -0.1) is 0 Å². The van der Waals surface area contributed by atoms with Crippen LogP contribution in [0.5, 0.6) is 0 Å². The van der Waals surface area contributed by atoms with Crippen LogP contribution in [0, 0.1) is 0 Å². The summed E-state index contributed by atoms with van der Waals surface area (Å²) in [5, 5.41) is 2.94. The van der Waals surface area contributed by atoms with Crippen molar-refractivity contribution in [2.45, 2.75) is 63.6 Å². The van der Waals surface area contributed by atoms with Crippen LogP contribution < -0.4 is 5.32 Å². The van der Waals surface area contributed by atoms with Crippen LogP contribution in [0.25, 0.3) is 0 Å². The van der Waals surface area contributed by atoms with Gasteiger partial charge in [-0.3, -0.25) is 14.4 Å². The first-order chi connectivity index (χ1) is 16.2. The Kier molecular flexibility index (Phi) is 8.09. The Morgan fingerprint density at radius 2 is 1.65 bits per heavy atom. The van der Waals surface area contributed by atoms with Gasteiger partial charge in [0, 0.05) is 25.6 Å². The van der Waals surface area contributed by atoms with E-state index in [1.807, 2.05) is 51.1 Å².